The number of thioether (sulfide) groups is 1. The molecule has 31 heavy (non-hydrogen) atoms. The molecule has 1 heterocycles. The van der Waals surface area contributed by atoms with Gasteiger partial charge in [-0.15, -0.1) is 29.7 Å². The van der Waals surface area contributed by atoms with E-state index in [1.807, 2.05) is 43.5 Å². The van der Waals surface area contributed by atoms with Crippen molar-refractivity contribution in [3.63, 3.8) is 0 Å². The third kappa shape index (κ3) is 4.74. The lowest BCUT2D eigenvalue weighted by Gasteiger charge is -2.04. The van der Waals surface area contributed by atoms with Gasteiger partial charge in [0.15, 0.2) is 4.91 Å². The van der Waals surface area contributed by atoms with E-state index in [-0.39, 0.29) is 21.7 Å². The first-order valence-electron chi connectivity index (χ1n) is 9.24. The molecular weight excluding hydrogens is 448 g/mol. The summed E-state index contributed by atoms with van der Waals surface area (Å²) in [5, 5.41) is 9.76. The maximum atomic E-state index is 13.2. The highest BCUT2D eigenvalue weighted by atomic mass is 32.2. The average Bonchev–Trinajstić information content (AvgIpc) is 3.05. The molecule has 0 saturated carbocycles. The molecule has 1 aromatic heterocycles. The van der Waals surface area contributed by atoms with E-state index in [0.29, 0.717) is 4.53 Å². The van der Waals surface area contributed by atoms with Crippen LogP contribution in [0.5, 0.6) is 0 Å². The van der Waals surface area contributed by atoms with Crippen LogP contribution in [0.1, 0.15) is 11.1 Å². The number of nitriles is 1. The van der Waals surface area contributed by atoms with Crippen molar-refractivity contribution in [1.82, 2.24) is 4.57 Å². The molecular formula is C23H20N2O3S3. The maximum Gasteiger partial charge on any atom is 0.269 e. The van der Waals surface area contributed by atoms with Gasteiger partial charge >= 0.3 is 0 Å². The lowest BCUT2D eigenvalue weighted by Crippen LogP contribution is -2.32. The molecule has 0 atom stereocenters. The summed E-state index contributed by atoms with van der Waals surface area (Å²) >= 11 is 2.61. The van der Waals surface area contributed by atoms with Crippen molar-refractivity contribution >= 4 is 43.9 Å². The minimum absolute atomic E-state index is 0.0128. The molecule has 0 spiro atoms. The van der Waals surface area contributed by atoms with Gasteiger partial charge in [-0.25, -0.2) is 8.42 Å². The monoisotopic (exact) mass is 468 g/mol. The van der Waals surface area contributed by atoms with Gasteiger partial charge in [-0.2, -0.15) is 5.26 Å². The van der Waals surface area contributed by atoms with Gasteiger partial charge in [-0.05, 0) is 49.1 Å². The first-order valence-corrected chi connectivity index (χ1v) is 12.8. The van der Waals surface area contributed by atoms with Crippen molar-refractivity contribution in [2.45, 2.75) is 23.3 Å². The molecule has 3 rings (SSSR count). The summed E-state index contributed by atoms with van der Waals surface area (Å²) in [7, 11) is -4.09. The van der Waals surface area contributed by atoms with Crippen LogP contribution in [0.3, 0.4) is 0 Å². The number of benzene rings is 2. The van der Waals surface area contributed by atoms with Gasteiger partial charge in [-0.1, -0.05) is 35.9 Å². The van der Waals surface area contributed by atoms with Crippen LogP contribution in [0.2, 0.25) is 0 Å². The molecule has 0 saturated heterocycles. The van der Waals surface area contributed by atoms with Crippen LogP contribution in [-0.2, 0) is 16.4 Å². The predicted octanol–water partition coefficient (Wildman–Crippen LogP) is 3.06. The molecule has 0 aliphatic heterocycles. The van der Waals surface area contributed by atoms with E-state index in [9.17, 15) is 18.5 Å². The maximum absolute atomic E-state index is 13.2. The molecule has 0 N–H and O–H groups in total. The molecule has 3 aromatic rings. The Balaban J connectivity index is 2.31. The van der Waals surface area contributed by atoms with Crippen LogP contribution in [-0.4, -0.2) is 19.2 Å². The number of hydrogen-bond donors (Lipinski definition) is 0. The first kappa shape index (κ1) is 22.8. The highest BCUT2D eigenvalue weighted by molar-refractivity contribution is 8.00. The fraction of sp³-hybridized carbons (Fsp3) is 0.130. The molecule has 0 fully saturated rings. The van der Waals surface area contributed by atoms with Crippen molar-refractivity contribution in [1.29, 1.82) is 5.26 Å². The average molecular weight is 469 g/mol. The molecule has 2 aromatic carbocycles. The molecule has 0 aliphatic rings. The highest BCUT2D eigenvalue weighted by Crippen LogP contribution is 2.19. The SMILES string of the molecule is C=CCn1c(=C(C#N)S(=O)(=O)c2ccc(C)cc2)sc(=Cc2ccc(SC)cc2)c1=O. The number of aryl methyl sites for hydroxylation is 1. The predicted molar refractivity (Wildman–Crippen MR) is 127 cm³/mol. The fourth-order valence-electron chi connectivity index (χ4n) is 2.89. The van der Waals surface area contributed by atoms with Crippen LogP contribution < -0.4 is 14.8 Å². The standard InChI is InChI=1S/C23H20N2O3S3/c1-4-13-25-22(26)20(14-17-7-9-18(29-3)10-8-17)30-23(25)21(15-24)31(27,28)19-11-5-16(2)6-12-19/h4-12,14H,1,13H2,2-3H3. The van der Waals surface area contributed by atoms with E-state index in [1.165, 1.54) is 22.8 Å². The van der Waals surface area contributed by atoms with Crippen molar-refractivity contribution in [2.75, 3.05) is 6.26 Å². The van der Waals surface area contributed by atoms with Gasteiger partial charge in [0, 0.05) is 11.4 Å². The van der Waals surface area contributed by atoms with E-state index >= 15 is 0 Å². The third-order valence-corrected chi connectivity index (χ3v) is 8.25. The third-order valence-electron chi connectivity index (χ3n) is 4.53. The Morgan fingerprint density at radius 2 is 1.84 bits per heavy atom. The van der Waals surface area contributed by atoms with Crippen molar-refractivity contribution in [3.8, 4) is 6.07 Å². The number of aromatic nitrogens is 1. The topological polar surface area (TPSA) is 79.9 Å². The molecule has 5 nitrogen and oxygen atoms in total. The summed E-state index contributed by atoms with van der Waals surface area (Å²) in [5.74, 6) is 0. The lowest BCUT2D eigenvalue weighted by molar-refractivity contribution is 0.605. The highest BCUT2D eigenvalue weighted by Gasteiger charge is 2.24. The second-order valence-corrected chi connectivity index (χ2v) is 10.4. The van der Waals surface area contributed by atoms with E-state index < -0.39 is 14.7 Å². The fourth-order valence-corrected chi connectivity index (χ4v) is 5.95. The van der Waals surface area contributed by atoms with Gasteiger partial charge in [0.05, 0.1) is 9.43 Å². The van der Waals surface area contributed by atoms with Crippen LogP contribution >= 0.6 is 23.1 Å². The zero-order chi connectivity index (χ0) is 22.6. The number of hydrogen-bond acceptors (Lipinski definition) is 6. The van der Waals surface area contributed by atoms with Crippen molar-refractivity contribution in [2.24, 2.45) is 0 Å². The van der Waals surface area contributed by atoms with Crippen LogP contribution in [0, 0.1) is 18.3 Å². The van der Waals surface area contributed by atoms with Gasteiger partial charge in [0.25, 0.3) is 5.56 Å². The second kappa shape index (κ2) is 9.52. The van der Waals surface area contributed by atoms with Crippen LogP contribution in [0.25, 0.3) is 11.0 Å². The Morgan fingerprint density at radius 1 is 1.19 bits per heavy atom. The number of allylic oxidation sites excluding steroid dienone is 1. The Hall–Kier alpha value is -2.86. The molecule has 0 aliphatic carbocycles. The molecule has 0 radical (unpaired) electrons. The largest absolute Gasteiger partial charge is 0.293 e. The second-order valence-electron chi connectivity index (χ2n) is 6.65. The van der Waals surface area contributed by atoms with Crippen LogP contribution in [0.4, 0.5) is 0 Å². The quantitative estimate of drug-likeness (QED) is 0.410. The smallest absolute Gasteiger partial charge is 0.269 e. The summed E-state index contributed by atoms with van der Waals surface area (Å²) in [6.07, 6.45) is 5.18. The van der Waals surface area contributed by atoms with E-state index in [2.05, 4.69) is 6.58 Å². The summed E-state index contributed by atoms with van der Waals surface area (Å²) in [6.45, 7) is 5.60. The Kier molecular flexibility index (Phi) is 7.01. The van der Waals surface area contributed by atoms with E-state index in [4.69, 9.17) is 0 Å². The molecule has 0 bridgehead atoms. The minimum Gasteiger partial charge on any atom is -0.293 e. The number of thiazole rings is 1. The first-order chi connectivity index (χ1) is 14.8. The summed E-state index contributed by atoms with van der Waals surface area (Å²) in [4.78, 5) is 13.7. The van der Waals surface area contributed by atoms with E-state index in [0.717, 1.165) is 27.4 Å². The summed E-state index contributed by atoms with van der Waals surface area (Å²) < 4.78 is 28.1. The number of nitrogens with zero attached hydrogens (tertiary/aromatic N) is 2. The molecule has 8 heteroatoms. The number of rotatable bonds is 6. The normalized spacial score (nSPS) is 13.0. The van der Waals surface area contributed by atoms with Crippen molar-refractivity contribution in [3.05, 3.63) is 91.9 Å². The Morgan fingerprint density at radius 3 is 2.39 bits per heavy atom. The van der Waals surface area contributed by atoms with Gasteiger partial charge in [-0.3, -0.25) is 9.36 Å². The minimum atomic E-state index is -4.09. The molecule has 158 valence electrons. The van der Waals surface area contributed by atoms with Gasteiger partial charge in [0.1, 0.15) is 10.7 Å². The summed E-state index contributed by atoms with van der Waals surface area (Å²) in [6, 6.07) is 15.8. The molecule has 0 amide bonds. The van der Waals surface area contributed by atoms with Crippen LogP contribution in [0.15, 0.2) is 75.8 Å². The zero-order valence-electron chi connectivity index (χ0n) is 17.0. The lowest BCUT2D eigenvalue weighted by atomic mass is 10.2. The van der Waals surface area contributed by atoms with Gasteiger partial charge in [0.2, 0.25) is 9.84 Å². The zero-order valence-corrected chi connectivity index (χ0v) is 19.5. The van der Waals surface area contributed by atoms with E-state index in [1.54, 1.807) is 30.0 Å². The van der Waals surface area contributed by atoms with Gasteiger partial charge < -0.3 is 0 Å². The van der Waals surface area contributed by atoms with Crippen molar-refractivity contribution < 1.29 is 8.42 Å². The summed E-state index contributed by atoms with van der Waals surface area (Å²) in [5.41, 5.74) is 1.36. The number of sulfone groups is 1. The Labute approximate surface area is 189 Å². The Bertz CT molecular complexity index is 1440. The molecule has 0 unspecified atom stereocenters.